The number of aliphatic imine (C=N–C) groups is 1. The summed E-state index contributed by atoms with van der Waals surface area (Å²) >= 11 is 6.19. The van der Waals surface area contributed by atoms with E-state index in [2.05, 4.69) is 4.99 Å². The molecule has 28 heavy (non-hydrogen) atoms. The standard InChI is InChI=1S/C20H15ClFNO5/c1-3-26-17-10-12(8-14(21)18(17)27-11(2)24)9-16-20(25)28-19(23-16)13-6-4-5-7-15(13)22/h4-10H,3H2,1-2H3. The van der Waals surface area contributed by atoms with E-state index in [1.807, 2.05) is 0 Å². The number of esters is 2. The number of hydrogen-bond donors (Lipinski definition) is 0. The Hall–Kier alpha value is -3.19. The predicted molar refractivity (Wildman–Crippen MR) is 101 cm³/mol. The number of nitrogens with zero attached hydrogens (tertiary/aromatic N) is 1. The van der Waals surface area contributed by atoms with E-state index in [0.717, 1.165) is 0 Å². The number of benzene rings is 2. The van der Waals surface area contributed by atoms with Crippen LogP contribution < -0.4 is 9.47 Å². The van der Waals surface area contributed by atoms with Gasteiger partial charge < -0.3 is 14.2 Å². The molecule has 0 N–H and O–H groups in total. The summed E-state index contributed by atoms with van der Waals surface area (Å²) in [5, 5.41) is 0.123. The maximum Gasteiger partial charge on any atom is 0.363 e. The van der Waals surface area contributed by atoms with Crippen molar-refractivity contribution in [1.82, 2.24) is 0 Å². The third-order valence-corrected chi connectivity index (χ3v) is 3.89. The number of hydrogen-bond acceptors (Lipinski definition) is 6. The molecule has 8 heteroatoms. The Kier molecular flexibility index (Phi) is 5.75. The van der Waals surface area contributed by atoms with Crippen molar-refractivity contribution in [2.24, 2.45) is 4.99 Å². The fraction of sp³-hybridized carbons (Fsp3) is 0.150. The second-order valence-electron chi connectivity index (χ2n) is 5.67. The number of ether oxygens (including phenoxy) is 3. The van der Waals surface area contributed by atoms with E-state index in [4.69, 9.17) is 25.8 Å². The summed E-state index contributed by atoms with van der Waals surface area (Å²) in [6.07, 6.45) is 1.42. The molecule has 2 aromatic carbocycles. The van der Waals surface area contributed by atoms with Crippen molar-refractivity contribution in [2.45, 2.75) is 13.8 Å². The van der Waals surface area contributed by atoms with Gasteiger partial charge >= 0.3 is 11.9 Å². The Morgan fingerprint density at radius 1 is 1.32 bits per heavy atom. The molecule has 0 saturated carbocycles. The lowest BCUT2D eigenvalue weighted by atomic mass is 10.1. The van der Waals surface area contributed by atoms with Crippen LogP contribution in [0.2, 0.25) is 5.02 Å². The molecule has 144 valence electrons. The average Bonchev–Trinajstić information content (AvgIpc) is 2.99. The van der Waals surface area contributed by atoms with Crippen molar-refractivity contribution >= 4 is 35.5 Å². The first-order chi connectivity index (χ1) is 13.4. The van der Waals surface area contributed by atoms with Crippen LogP contribution in [0.4, 0.5) is 4.39 Å². The highest BCUT2D eigenvalue weighted by atomic mass is 35.5. The van der Waals surface area contributed by atoms with E-state index in [1.54, 1.807) is 19.1 Å². The minimum Gasteiger partial charge on any atom is -0.490 e. The summed E-state index contributed by atoms with van der Waals surface area (Å²) in [6.45, 7) is 3.31. The fourth-order valence-electron chi connectivity index (χ4n) is 2.49. The third-order valence-electron chi connectivity index (χ3n) is 3.61. The van der Waals surface area contributed by atoms with Gasteiger partial charge in [0.15, 0.2) is 17.2 Å². The van der Waals surface area contributed by atoms with Crippen molar-refractivity contribution in [2.75, 3.05) is 6.61 Å². The minimum absolute atomic E-state index is 0.0306. The summed E-state index contributed by atoms with van der Waals surface area (Å²) in [7, 11) is 0. The molecule has 0 radical (unpaired) electrons. The van der Waals surface area contributed by atoms with Crippen LogP contribution >= 0.6 is 11.6 Å². The van der Waals surface area contributed by atoms with E-state index in [9.17, 15) is 14.0 Å². The first kappa shape index (κ1) is 19.6. The lowest BCUT2D eigenvalue weighted by Gasteiger charge is -2.12. The van der Waals surface area contributed by atoms with Crippen LogP contribution in [0.25, 0.3) is 6.08 Å². The number of cyclic esters (lactones) is 1. The number of halogens is 2. The van der Waals surface area contributed by atoms with Gasteiger partial charge in [-0.15, -0.1) is 0 Å². The molecule has 0 aromatic heterocycles. The zero-order chi connectivity index (χ0) is 20.3. The summed E-state index contributed by atoms with van der Waals surface area (Å²) in [5.74, 6) is -1.63. The molecule has 0 spiro atoms. The molecular weight excluding hydrogens is 389 g/mol. The molecule has 0 saturated heterocycles. The first-order valence-corrected chi connectivity index (χ1v) is 8.69. The lowest BCUT2D eigenvalue weighted by molar-refractivity contribution is -0.132. The third kappa shape index (κ3) is 4.20. The first-order valence-electron chi connectivity index (χ1n) is 8.31. The van der Waals surface area contributed by atoms with Gasteiger partial charge in [-0.3, -0.25) is 4.79 Å². The molecule has 1 aliphatic rings. The SMILES string of the molecule is CCOc1cc(C=C2N=C(c3ccccc3F)OC2=O)cc(Cl)c1OC(C)=O. The number of carbonyl (C=O) groups is 2. The van der Waals surface area contributed by atoms with Crippen LogP contribution in [0.1, 0.15) is 25.0 Å². The van der Waals surface area contributed by atoms with Gasteiger partial charge in [-0.2, -0.15) is 0 Å². The predicted octanol–water partition coefficient (Wildman–Crippen LogP) is 4.15. The Morgan fingerprint density at radius 2 is 2.07 bits per heavy atom. The van der Waals surface area contributed by atoms with Gasteiger partial charge in [-0.1, -0.05) is 23.7 Å². The highest BCUT2D eigenvalue weighted by molar-refractivity contribution is 6.32. The van der Waals surface area contributed by atoms with E-state index >= 15 is 0 Å². The van der Waals surface area contributed by atoms with Crippen LogP contribution in [0.3, 0.4) is 0 Å². The van der Waals surface area contributed by atoms with E-state index < -0.39 is 17.8 Å². The second kappa shape index (κ2) is 8.22. The molecular formula is C20H15ClFNO5. The summed E-state index contributed by atoms with van der Waals surface area (Å²) in [4.78, 5) is 27.5. The second-order valence-corrected chi connectivity index (χ2v) is 6.08. The Morgan fingerprint density at radius 3 is 2.75 bits per heavy atom. The quantitative estimate of drug-likeness (QED) is 0.426. The van der Waals surface area contributed by atoms with Crippen LogP contribution in [-0.4, -0.2) is 24.4 Å². The number of rotatable bonds is 5. The zero-order valence-corrected chi connectivity index (χ0v) is 15.7. The molecule has 2 aromatic rings. The molecule has 0 aliphatic carbocycles. The van der Waals surface area contributed by atoms with Crippen molar-refractivity contribution < 1.29 is 28.2 Å². The van der Waals surface area contributed by atoms with Gasteiger partial charge in [0.2, 0.25) is 5.90 Å². The van der Waals surface area contributed by atoms with Gasteiger partial charge in [0, 0.05) is 6.92 Å². The Balaban J connectivity index is 1.99. The molecule has 6 nitrogen and oxygen atoms in total. The van der Waals surface area contributed by atoms with E-state index in [0.29, 0.717) is 12.2 Å². The monoisotopic (exact) mass is 403 g/mol. The van der Waals surface area contributed by atoms with Gasteiger partial charge in [0.05, 0.1) is 17.2 Å². The highest BCUT2D eigenvalue weighted by Crippen LogP contribution is 2.37. The Bertz CT molecular complexity index is 1020. The van der Waals surface area contributed by atoms with Crippen LogP contribution in [0.5, 0.6) is 11.5 Å². The minimum atomic E-state index is -0.726. The topological polar surface area (TPSA) is 74.2 Å². The van der Waals surface area contributed by atoms with Crippen molar-refractivity contribution in [3.05, 3.63) is 64.1 Å². The van der Waals surface area contributed by atoms with E-state index in [1.165, 1.54) is 37.3 Å². The normalized spacial score (nSPS) is 14.6. The van der Waals surface area contributed by atoms with Gasteiger partial charge in [0.1, 0.15) is 5.82 Å². The highest BCUT2D eigenvalue weighted by Gasteiger charge is 2.26. The molecule has 0 amide bonds. The van der Waals surface area contributed by atoms with Crippen LogP contribution in [0.15, 0.2) is 47.1 Å². The molecule has 0 atom stereocenters. The maximum atomic E-state index is 13.9. The maximum absolute atomic E-state index is 13.9. The number of carbonyl (C=O) groups excluding carboxylic acids is 2. The summed E-state index contributed by atoms with van der Waals surface area (Å²) in [5.41, 5.74) is 0.518. The largest absolute Gasteiger partial charge is 0.490 e. The molecule has 1 heterocycles. The fourth-order valence-corrected chi connectivity index (χ4v) is 2.75. The summed E-state index contributed by atoms with van der Waals surface area (Å²) < 4.78 is 29.5. The smallest absolute Gasteiger partial charge is 0.363 e. The lowest BCUT2D eigenvalue weighted by Crippen LogP contribution is -2.07. The van der Waals surface area contributed by atoms with Crippen LogP contribution in [0, 0.1) is 5.82 Å². The van der Waals surface area contributed by atoms with Gasteiger partial charge in [-0.25, -0.2) is 14.2 Å². The van der Waals surface area contributed by atoms with Gasteiger partial charge in [0.25, 0.3) is 0 Å². The molecule has 1 aliphatic heterocycles. The van der Waals surface area contributed by atoms with Crippen molar-refractivity contribution in [1.29, 1.82) is 0 Å². The molecule has 0 unspecified atom stereocenters. The zero-order valence-electron chi connectivity index (χ0n) is 15.0. The Labute approximate surface area is 165 Å². The van der Waals surface area contributed by atoms with Crippen molar-refractivity contribution in [3.8, 4) is 11.5 Å². The molecule has 0 fully saturated rings. The average molecular weight is 404 g/mol. The van der Waals surface area contributed by atoms with Crippen LogP contribution in [-0.2, 0) is 14.3 Å². The molecule has 0 bridgehead atoms. The van der Waals surface area contributed by atoms with Gasteiger partial charge in [-0.05, 0) is 42.8 Å². The summed E-state index contributed by atoms with van der Waals surface area (Å²) in [6, 6.07) is 8.87. The molecule has 3 rings (SSSR count). The van der Waals surface area contributed by atoms with E-state index in [-0.39, 0.29) is 33.7 Å². The van der Waals surface area contributed by atoms with Crippen molar-refractivity contribution in [3.63, 3.8) is 0 Å².